The summed E-state index contributed by atoms with van der Waals surface area (Å²) in [4.78, 5) is 37.5. The summed E-state index contributed by atoms with van der Waals surface area (Å²) in [6.45, 7) is 6.99. The van der Waals surface area contributed by atoms with Crippen molar-refractivity contribution in [1.29, 1.82) is 0 Å². The Morgan fingerprint density at radius 3 is 1.33 bits per heavy atom. The van der Waals surface area contributed by atoms with E-state index in [9.17, 15) is 19.0 Å². The Hall–Kier alpha value is -1.51. The van der Waals surface area contributed by atoms with Crippen LogP contribution in [0.2, 0.25) is 0 Å². The molecule has 66 heavy (non-hydrogen) atoms. The summed E-state index contributed by atoms with van der Waals surface area (Å²) >= 11 is 0. The molecule has 0 aliphatic rings. The lowest BCUT2D eigenvalue weighted by Gasteiger charge is -2.27. The first kappa shape index (κ1) is 64.5. The van der Waals surface area contributed by atoms with Crippen LogP contribution in [0.5, 0.6) is 0 Å². The van der Waals surface area contributed by atoms with Gasteiger partial charge in [0.1, 0.15) is 19.3 Å². The lowest BCUT2D eigenvalue weighted by Crippen LogP contribution is -2.47. The van der Waals surface area contributed by atoms with Crippen LogP contribution in [0.25, 0.3) is 0 Å². The van der Waals surface area contributed by atoms with Gasteiger partial charge in [0, 0.05) is 12.8 Å². The maximum Gasteiger partial charge on any atom is 0.472 e. The van der Waals surface area contributed by atoms with Gasteiger partial charge in [-0.15, -0.1) is 0 Å². The highest BCUT2D eigenvalue weighted by Crippen LogP contribution is 2.43. The fourth-order valence-electron chi connectivity index (χ4n) is 8.22. The Balaban J connectivity index is 5.30. The number of likely N-dealkylation sites (N-methyl/N-ethyl adjacent to an activating group) is 1. The molecule has 3 atom stereocenters. The second-order valence-electron chi connectivity index (χ2n) is 20.5. The molecule has 0 saturated carbocycles. The number of hydrogen-bond acceptors (Lipinski definition) is 6. The molecule has 0 rings (SSSR count). The van der Waals surface area contributed by atoms with Crippen molar-refractivity contribution < 1.29 is 37.3 Å². The predicted molar refractivity (Wildman–Crippen MR) is 282 cm³/mol. The minimum atomic E-state index is -4.44. The molecule has 0 fully saturated rings. The van der Waals surface area contributed by atoms with Crippen LogP contribution in [0.4, 0.5) is 0 Å². The maximum absolute atomic E-state index is 13.5. The van der Waals surface area contributed by atoms with Gasteiger partial charge in [0.05, 0.1) is 33.8 Å². The third-order valence-corrected chi connectivity index (χ3v) is 13.6. The van der Waals surface area contributed by atoms with E-state index in [0.717, 1.165) is 83.5 Å². The van der Waals surface area contributed by atoms with Crippen LogP contribution in [-0.2, 0) is 27.9 Å². The number of unbranched alkanes of at least 4 members (excludes halogenated alkanes) is 33. The van der Waals surface area contributed by atoms with Crippen LogP contribution in [0.3, 0.4) is 0 Å². The first-order valence-corrected chi connectivity index (χ1v) is 29.7. The molecule has 0 spiro atoms. The third kappa shape index (κ3) is 47.6. The highest BCUT2D eigenvalue weighted by Gasteiger charge is 2.30. The van der Waals surface area contributed by atoms with Crippen molar-refractivity contribution in [1.82, 2.24) is 5.32 Å². The Morgan fingerprint density at radius 2 is 0.894 bits per heavy atom. The van der Waals surface area contributed by atoms with Gasteiger partial charge in [-0.2, -0.15) is 0 Å². The monoisotopic (exact) mass is 954 g/mol. The fourth-order valence-corrected chi connectivity index (χ4v) is 8.95. The molecule has 0 aliphatic carbocycles. The summed E-state index contributed by atoms with van der Waals surface area (Å²) in [5.41, 5.74) is 0. The molecular formula is C56H110N2O7P+. The number of hydrogen-bond donors (Lipinski definition) is 2. The summed E-state index contributed by atoms with van der Waals surface area (Å²) in [6, 6.07) is -0.843. The van der Waals surface area contributed by atoms with E-state index >= 15 is 0 Å². The Kier molecular flexibility index (Phi) is 46.1. The quantitative estimate of drug-likeness (QED) is 0.0205. The number of rotatable bonds is 51. The van der Waals surface area contributed by atoms with Crippen molar-refractivity contribution in [2.45, 2.75) is 283 Å². The second kappa shape index (κ2) is 47.2. The standard InChI is InChI=1S/C56H109N2O7P/c1-7-10-13-16-19-22-25-27-28-29-30-31-34-36-39-42-45-48-55(59)57-53(52-64-66(61,62)63-51-50-58(4,5)6)54(47-44-41-38-35-33-26-23-20-17-14-11-8-2)65-56(60)49-46-43-40-37-32-24-21-18-15-12-9-3/h18,21,44,47,53-54H,7-17,19-20,22-43,45-46,48-52H2,1-6H3,(H-,57,59,61,62)/p+1/b21-18-,47-44+. The summed E-state index contributed by atoms with van der Waals surface area (Å²) in [6.07, 6.45) is 53.1. The minimum absolute atomic E-state index is 0.0421. The zero-order chi connectivity index (χ0) is 48.7. The van der Waals surface area contributed by atoms with E-state index in [2.05, 4.69) is 38.2 Å². The molecule has 9 nitrogen and oxygen atoms in total. The lowest BCUT2D eigenvalue weighted by atomic mass is 10.0. The van der Waals surface area contributed by atoms with E-state index in [4.69, 9.17) is 13.8 Å². The van der Waals surface area contributed by atoms with Gasteiger partial charge >= 0.3 is 13.8 Å². The normalized spacial score (nSPS) is 14.0. The van der Waals surface area contributed by atoms with E-state index < -0.39 is 20.0 Å². The number of nitrogens with one attached hydrogen (secondary N) is 1. The molecule has 1 amide bonds. The van der Waals surface area contributed by atoms with Gasteiger partial charge in [-0.05, 0) is 51.0 Å². The number of quaternary nitrogens is 1. The van der Waals surface area contributed by atoms with Crippen molar-refractivity contribution >= 4 is 19.7 Å². The molecule has 3 unspecified atom stereocenters. The van der Waals surface area contributed by atoms with Crippen LogP contribution in [0.1, 0.15) is 271 Å². The SMILES string of the molecule is CCCC/C=C\CCCCCCCC(=O)OC(/C=C/CCCCCCCCCCCC)C(COP(=O)(O)OCC[N+](C)(C)C)NC(=O)CCCCCCCCCCCCCCCCCCC. The topological polar surface area (TPSA) is 111 Å². The van der Waals surface area contributed by atoms with Gasteiger partial charge in [0.2, 0.25) is 5.91 Å². The number of ether oxygens (including phenoxy) is 1. The van der Waals surface area contributed by atoms with Gasteiger partial charge in [-0.3, -0.25) is 18.6 Å². The van der Waals surface area contributed by atoms with Crippen LogP contribution in [0, 0.1) is 0 Å². The third-order valence-electron chi connectivity index (χ3n) is 12.6. The highest BCUT2D eigenvalue weighted by molar-refractivity contribution is 7.47. The number of carbonyl (C=O) groups excluding carboxylic acids is 2. The molecule has 0 aromatic heterocycles. The van der Waals surface area contributed by atoms with Gasteiger partial charge in [-0.25, -0.2) is 4.57 Å². The van der Waals surface area contributed by atoms with Crippen molar-refractivity contribution in [2.75, 3.05) is 40.9 Å². The minimum Gasteiger partial charge on any atom is -0.456 e. The van der Waals surface area contributed by atoms with Gasteiger partial charge in [0.15, 0.2) is 0 Å². The number of nitrogens with zero attached hydrogens (tertiary/aromatic N) is 1. The Bertz CT molecular complexity index is 1190. The summed E-state index contributed by atoms with van der Waals surface area (Å²) < 4.78 is 30.6. The fraction of sp³-hybridized carbons (Fsp3) is 0.893. The number of amides is 1. The van der Waals surface area contributed by atoms with E-state index in [-0.39, 0.29) is 31.5 Å². The van der Waals surface area contributed by atoms with E-state index in [1.54, 1.807) is 0 Å². The average molecular weight is 954 g/mol. The molecule has 390 valence electrons. The zero-order valence-electron chi connectivity index (χ0n) is 44.5. The Morgan fingerprint density at radius 1 is 0.515 bits per heavy atom. The van der Waals surface area contributed by atoms with Crippen molar-refractivity contribution in [3.8, 4) is 0 Å². The molecular weight excluding hydrogens is 844 g/mol. The van der Waals surface area contributed by atoms with E-state index in [1.807, 2.05) is 33.3 Å². The zero-order valence-corrected chi connectivity index (χ0v) is 45.3. The molecule has 0 saturated heterocycles. The number of phosphoric acid groups is 1. The highest BCUT2D eigenvalue weighted by atomic mass is 31.2. The van der Waals surface area contributed by atoms with E-state index in [1.165, 1.54) is 154 Å². The summed E-state index contributed by atoms with van der Waals surface area (Å²) in [5, 5.41) is 3.05. The first-order valence-electron chi connectivity index (χ1n) is 28.2. The van der Waals surface area contributed by atoms with Crippen LogP contribution < -0.4 is 5.32 Å². The lowest BCUT2D eigenvalue weighted by molar-refractivity contribution is -0.870. The predicted octanol–water partition coefficient (Wildman–Crippen LogP) is 16.6. The van der Waals surface area contributed by atoms with E-state index in [0.29, 0.717) is 17.4 Å². The molecule has 0 aromatic rings. The number of esters is 1. The maximum atomic E-state index is 13.5. The number of carbonyl (C=O) groups is 2. The van der Waals surface area contributed by atoms with Crippen LogP contribution >= 0.6 is 7.82 Å². The molecule has 0 aliphatic heterocycles. The Labute approximate surface area is 409 Å². The van der Waals surface area contributed by atoms with Crippen molar-refractivity contribution in [3.05, 3.63) is 24.3 Å². The molecule has 0 heterocycles. The van der Waals surface area contributed by atoms with Crippen LogP contribution in [-0.4, -0.2) is 74.3 Å². The molecule has 0 aromatic carbocycles. The molecule has 0 bridgehead atoms. The van der Waals surface area contributed by atoms with Crippen molar-refractivity contribution in [3.63, 3.8) is 0 Å². The number of phosphoric ester groups is 1. The van der Waals surface area contributed by atoms with Crippen LogP contribution in [0.15, 0.2) is 24.3 Å². The van der Waals surface area contributed by atoms with Crippen molar-refractivity contribution in [2.24, 2.45) is 0 Å². The van der Waals surface area contributed by atoms with Gasteiger partial charge in [-0.1, -0.05) is 232 Å². The molecule has 10 heteroatoms. The molecule has 0 radical (unpaired) electrons. The smallest absolute Gasteiger partial charge is 0.456 e. The van der Waals surface area contributed by atoms with Gasteiger partial charge in [0.25, 0.3) is 0 Å². The largest absolute Gasteiger partial charge is 0.472 e. The summed E-state index contributed by atoms with van der Waals surface area (Å²) in [7, 11) is 1.50. The second-order valence-corrected chi connectivity index (χ2v) is 21.9. The number of allylic oxidation sites excluding steroid dienone is 3. The first-order chi connectivity index (χ1) is 31.9. The molecule has 2 N–H and O–H groups in total. The average Bonchev–Trinajstić information content (AvgIpc) is 3.27. The van der Waals surface area contributed by atoms with Gasteiger partial charge < -0.3 is 19.4 Å². The summed E-state index contributed by atoms with van der Waals surface area (Å²) in [5.74, 6) is -0.506.